The smallest absolute Gasteiger partial charge is 0.433 e. The van der Waals surface area contributed by atoms with Crippen LogP contribution in [0, 0.1) is 5.82 Å². The fourth-order valence-corrected chi connectivity index (χ4v) is 2.60. The van der Waals surface area contributed by atoms with Crippen LogP contribution in [0.1, 0.15) is 32.0 Å². The average molecular weight is 431 g/mol. The van der Waals surface area contributed by atoms with E-state index in [1.54, 1.807) is 13.8 Å². The van der Waals surface area contributed by atoms with E-state index in [1.165, 1.54) is 0 Å². The van der Waals surface area contributed by atoms with Crippen molar-refractivity contribution in [3.8, 4) is 17.1 Å². The number of hydrogen-bond acceptors (Lipinski definition) is 2. The molecular weight excluding hydrogens is 418 g/mol. The Kier molecular flexibility index (Phi) is 5.13. The summed E-state index contributed by atoms with van der Waals surface area (Å²) < 4.78 is 84.8. The molecule has 1 aromatic carbocycles. The lowest BCUT2D eigenvalue weighted by atomic mass is 10.0. The number of rotatable bonds is 4. The molecule has 0 aliphatic carbocycles. The van der Waals surface area contributed by atoms with Crippen LogP contribution in [0.4, 0.5) is 26.3 Å². The van der Waals surface area contributed by atoms with E-state index in [0.29, 0.717) is 13.0 Å². The first kappa shape index (κ1) is 19.6. The maximum Gasteiger partial charge on any atom is 0.433 e. The highest BCUT2D eigenvalue weighted by Crippen LogP contribution is 2.40. The molecule has 0 saturated heterocycles. The van der Waals surface area contributed by atoms with E-state index < -0.39 is 51.3 Å². The maximum absolute atomic E-state index is 14.3. The summed E-state index contributed by atoms with van der Waals surface area (Å²) in [5, 5.41) is 0. The number of alkyl halides is 5. The zero-order valence-electron chi connectivity index (χ0n) is 13.2. The van der Waals surface area contributed by atoms with Gasteiger partial charge in [0.1, 0.15) is 22.0 Å². The third-order valence-electron chi connectivity index (χ3n) is 3.10. The number of aromatic nitrogens is 2. The number of H-pyrrole nitrogens is 1. The summed E-state index contributed by atoms with van der Waals surface area (Å²) in [6, 6.07) is 1.45. The Morgan fingerprint density at radius 1 is 1.16 bits per heavy atom. The summed E-state index contributed by atoms with van der Waals surface area (Å²) in [5.41, 5.74) is -2.33. The van der Waals surface area contributed by atoms with E-state index in [-0.39, 0.29) is 5.75 Å². The molecule has 2 rings (SSSR count). The maximum atomic E-state index is 14.3. The fourth-order valence-electron chi connectivity index (χ4n) is 2.10. The van der Waals surface area contributed by atoms with Crippen LogP contribution in [0.25, 0.3) is 11.4 Å². The number of ether oxygens (including phenoxy) is 1. The summed E-state index contributed by atoms with van der Waals surface area (Å²) in [6.07, 6.45) is -5.25. The minimum atomic E-state index is -4.74. The van der Waals surface area contributed by atoms with Crippen molar-refractivity contribution in [1.82, 2.24) is 9.97 Å². The molecule has 1 heterocycles. The van der Waals surface area contributed by atoms with Gasteiger partial charge in [0.25, 0.3) is 5.92 Å². The lowest BCUT2D eigenvalue weighted by molar-refractivity contribution is -0.141. The van der Waals surface area contributed by atoms with Crippen molar-refractivity contribution in [1.29, 1.82) is 0 Å². The molecule has 0 aliphatic heterocycles. The van der Waals surface area contributed by atoms with Gasteiger partial charge in [-0.25, -0.2) is 18.2 Å². The molecule has 0 atom stereocenters. The highest BCUT2D eigenvalue weighted by atomic mass is 79.9. The number of aromatic amines is 1. The standard InChI is InChI=1S/C15H13BrF6N2O/c1-6(2)25-10-4-7(9(17)5-8(10)14(3,18)19)13-23-11(12(16)24-13)15(20,21)22/h4-6H,1-3H3,(H,23,24). The second-order valence-electron chi connectivity index (χ2n) is 5.63. The van der Waals surface area contributed by atoms with E-state index in [9.17, 15) is 26.3 Å². The molecular formula is C15H13BrF6N2O. The first-order valence-electron chi connectivity index (χ1n) is 7.02. The molecule has 0 amide bonds. The van der Waals surface area contributed by atoms with Crippen molar-refractivity contribution >= 4 is 15.9 Å². The fraction of sp³-hybridized carbons (Fsp3) is 0.400. The second-order valence-corrected chi connectivity index (χ2v) is 6.38. The van der Waals surface area contributed by atoms with Crippen LogP contribution in [0.5, 0.6) is 5.75 Å². The van der Waals surface area contributed by atoms with Crippen LogP contribution >= 0.6 is 15.9 Å². The number of nitrogens with zero attached hydrogens (tertiary/aromatic N) is 1. The monoisotopic (exact) mass is 430 g/mol. The van der Waals surface area contributed by atoms with Crippen LogP contribution in [0.15, 0.2) is 16.7 Å². The summed E-state index contributed by atoms with van der Waals surface area (Å²) >= 11 is 2.64. The van der Waals surface area contributed by atoms with Gasteiger partial charge in [-0.1, -0.05) is 0 Å². The topological polar surface area (TPSA) is 37.9 Å². The van der Waals surface area contributed by atoms with Crippen LogP contribution in [0.2, 0.25) is 0 Å². The number of hydrogen-bond donors (Lipinski definition) is 1. The number of imidazole rings is 1. The molecule has 0 radical (unpaired) electrons. The lowest BCUT2D eigenvalue weighted by Crippen LogP contribution is -2.14. The van der Waals surface area contributed by atoms with Crippen LogP contribution in [-0.4, -0.2) is 16.1 Å². The van der Waals surface area contributed by atoms with E-state index >= 15 is 0 Å². The van der Waals surface area contributed by atoms with E-state index in [1.807, 2.05) is 4.98 Å². The Hall–Kier alpha value is -1.71. The SMILES string of the molecule is CC(C)Oc1cc(-c2nc(Br)c(C(F)(F)F)[nH]2)c(F)cc1C(C)(F)F. The van der Waals surface area contributed by atoms with E-state index in [2.05, 4.69) is 20.9 Å². The zero-order valence-corrected chi connectivity index (χ0v) is 14.8. The number of nitrogens with one attached hydrogen (secondary N) is 1. The molecule has 3 nitrogen and oxygen atoms in total. The van der Waals surface area contributed by atoms with Crippen LogP contribution < -0.4 is 4.74 Å². The highest BCUT2D eigenvalue weighted by molar-refractivity contribution is 9.10. The molecule has 1 aromatic heterocycles. The Labute approximate surface area is 147 Å². The summed E-state index contributed by atoms with van der Waals surface area (Å²) in [4.78, 5) is 5.53. The van der Waals surface area contributed by atoms with Gasteiger partial charge in [0.05, 0.1) is 17.2 Å². The van der Waals surface area contributed by atoms with Crippen molar-refractivity contribution in [2.45, 2.75) is 39.0 Å². The molecule has 2 aromatic rings. The quantitative estimate of drug-likeness (QED) is 0.613. The Morgan fingerprint density at radius 3 is 2.20 bits per heavy atom. The third-order valence-corrected chi connectivity index (χ3v) is 3.68. The summed E-state index contributed by atoms with van der Waals surface area (Å²) in [6.45, 7) is 3.72. The predicted octanol–water partition coefficient (Wildman–Crippen LogP) is 5.90. The van der Waals surface area contributed by atoms with Gasteiger partial charge in [-0.15, -0.1) is 0 Å². The van der Waals surface area contributed by atoms with Gasteiger partial charge < -0.3 is 9.72 Å². The molecule has 0 fully saturated rings. The molecule has 0 spiro atoms. The lowest BCUT2D eigenvalue weighted by Gasteiger charge is -2.19. The Balaban J connectivity index is 2.63. The zero-order chi connectivity index (χ0) is 19.2. The van der Waals surface area contributed by atoms with Gasteiger partial charge >= 0.3 is 6.18 Å². The molecule has 0 saturated carbocycles. The van der Waals surface area contributed by atoms with Crippen molar-refractivity contribution in [3.05, 3.63) is 33.8 Å². The summed E-state index contributed by atoms with van der Waals surface area (Å²) in [7, 11) is 0. The first-order chi connectivity index (χ1) is 11.3. The minimum Gasteiger partial charge on any atom is -0.490 e. The molecule has 10 heteroatoms. The number of benzene rings is 1. The second kappa shape index (κ2) is 6.54. The normalized spacial score (nSPS) is 12.8. The molecule has 0 bridgehead atoms. The van der Waals surface area contributed by atoms with Crippen molar-refractivity contribution in [2.75, 3.05) is 0 Å². The third kappa shape index (κ3) is 4.28. The predicted molar refractivity (Wildman–Crippen MR) is 82.0 cm³/mol. The molecule has 25 heavy (non-hydrogen) atoms. The highest BCUT2D eigenvalue weighted by Gasteiger charge is 2.37. The molecule has 1 N–H and O–H groups in total. The van der Waals surface area contributed by atoms with Gasteiger partial charge in [0.15, 0.2) is 5.69 Å². The van der Waals surface area contributed by atoms with Crippen molar-refractivity contribution in [2.24, 2.45) is 0 Å². The van der Waals surface area contributed by atoms with Gasteiger partial charge in [-0.3, -0.25) is 0 Å². The number of halogens is 7. The van der Waals surface area contributed by atoms with Gasteiger partial charge in [0.2, 0.25) is 0 Å². The Bertz CT molecular complexity index is 780. The van der Waals surface area contributed by atoms with Gasteiger partial charge in [0, 0.05) is 6.92 Å². The van der Waals surface area contributed by atoms with Gasteiger partial charge in [-0.2, -0.15) is 13.2 Å². The van der Waals surface area contributed by atoms with E-state index in [0.717, 1.165) is 6.07 Å². The average Bonchev–Trinajstić information content (AvgIpc) is 2.80. The molecule has 0 unspecified atom stereocenters. The van der Waals surface area contributed by atoms with Crippen LogP contribution in [-0.2, 0) is 12.1 Å². The van der Waals surface area contributed by atoms with Crippen LogP contribution in [0.3, 0.4) is 0 Å². The van der Waals surface area contributed by atoms with E-state index in [4.69, 9.17) is 4.74 Å². The van der Waals surface area contributed by atoms with Crippen molar-refractivity contribution < 1.29 is 31.1 Å². The first-order valence-corrected chi connectivity index (χ1v) is 7.81. The summed E-state index contributed by atoms with van der Waals surface area (Å²) in [5.74, 6) is -5.34. The molecule has 0 aliphatic rings. The minimum absolute atomic E-state index is 0.333. The van der Waals surface area contributed by atoms with Gasteiger partial charge in [-0.05, 0) is 41.9 Å². The molecule has 138 valence electrons. The largest absolute Gasteiger partial charge is 0.490 e. The van der Waals surface area contributed by atoms with Crippen molar-refractivity contribution in [3.63, 3.8) is 0 Å². The Morgan fingerprint density at radius 2 is 1.76 bits per heavy atom.